The lowest BCUT2D eigenvalue weighted by atomic mass is 9.93. The van der Waals surface area contributed by atoms with Crippen LogP contribution in [0.3, 0.4) is 0 Å². The van der Waals surface area contributed by atoms with E-state index in [0.29, 0.717) is 36.7 Å². The summed E-state index contributed by atoms with van der Waals surface area (Å²) in [6.45, 7) is 0. The van der Waals surface area contributed by atoms with E-state index in [9.17, 15) is 23.1 Å². The minimum Gasteiger partial charge on any atom is -0.497 e. The SMILES string of the molecule is COc1cc(F)c(CC(NC(=O)N[C@H]2CC[C@H](O)CC2)c2nc3cc(F)ccc3[nH]2)c(F)c1. The Morgan fingerprint density at radius 2 is 1.88 bits per heavy atom. The van der Waals surface area contributed by atoms with E-state index in [1.807, 2.05) is 0 Å². The number of aliphatic hydroxyl groups is 1. The molecule has 176 valence electrons. The molecule has 33 heavy (non-hydrogen) atoms. The molecule has 7 nitrogen and oxygen atoms in total. The van der Waals surface area contributed by atoms with Crippen molar-refractivity contribution in [2.75, 3.05) is 7.11 Å². The van der Waals surface area contributed by atoms with Gasteiger partial charge in [0.1, 0.15) is 29.0 Å². The largest absolute Gasteiger partial charge is 0.497 e. The van der Waals surface area contributed by atoms with Crippen LogP contribution >= 0.6 is 0 Å². The van der Waals surface area contributed by atoms with Gasteiger partial charge in [-0.2, -0.15) is 0 Å². The molecule has 2 amide bonds. The van der Waals surface area contributed by atoms with E-state index in [1.54, 1.807) is 0 Å². The fourth-order valence-corrected chi connectivity index (χ4v) is 4.08. The molecular weight excluding hydrogens is 437 g/mol. The fraction of sp³-hybridized carbons (Fsp3) is 0.391. The van der Waals surface area contributed by atoms with Gasteiger partial charge in [-0.1, -0.05) is 0 Å². The van der Waals surface area contributed by atoms with Gasteiger partial charge < -0.3 is 25.5 Å². The number of carbonyl (C=O) groups excluding carboxylic acids is 1. The summed E-state index contributed by atoms with van der Waals surface area (Å²) in [7, 11) is 1.31. The van der Waals surface area contributed by atoms with E-state index in [4.69, 9.17) is 4.74 Å². The van der Waals surface area contributed by atoms with Crippen LogP contribution in [0.5, 0.6) is 5.75 Å². The topological polar surface area (TPSA) is 99.3 Å². The molecule has 0 saturated heterocycles. The second-order valence-corrected chi connectivity index (χ2v) is 8.23. The summed E-state index contributed by atoms with van der Waals surface area (Å²) in [6.07, 6.45) is 1.84. The van der Waals surface area contributed by atoms with Gasteiger partial charge in [0, 0.05) is 36.2 Å². The van der Waals surface area contributed by atoms with Gasteiger partial charge in [0.15, 0.2) is 0 Å². The zero-order chi connectivity index (χ0) is 23.5. The number of benzene rings is 2. The van der Waals surface area contributed by atoms with Gasteiger partial charge in [0.2, 0.25) is 0 Å². The molecule has 1 aliphatic carbocycles. The zero-order valence-electron chi connectivity index (χ0n) is 18.0. The lowest BCUT2D eigenvalue weighted by Gasteiger charge is -2.27. The zero-order valence-corrected chi connectivity index (χ0v) is 18.0. The van der Waals surface area contributed by atoms with Crippen LogP contribution in [0, 0.1) is 17.5 Å². The minimum absolute atomic E-state index is 0.0368. The highest BCUT2D eigenvalue weighted by Crippen LogP contribution is 2.26. The van der Waals surface area contributed by atoms with Gasteiger partial charge in [-0.25, -0.2) is 22.9 Å². The van der Waals surface area contributed by atoms with Gasteiger partial charge in [-0.05, 0) is 37.8 Å². The maximum absolute atomic E-state index is 14.6. The first-order chi connectivity index (χ1) is 15.8. The Hall–Kier alpha value is -3.27. The molecule has 4 rings (SSSR count). The molecule has 2 aromatic carbocycles. The second kappa shape index (κ2) is 9.70. The number of carbonyl (C=O) groups is 1. The van der Waals surface area contributed by atoms with Gasteiger partial charge in [-0.15, -0.1) is 0 Å². The van der Waals surface area contributed by atoms with Crippen LogP contribution < -0.4 is 15.4 Å². The molecule has 1 fully saturated rings. The summed E-state index contributed by atoms with van der Waals surface area (Å²) >= 11 is 0. The Kier molecular flexibility index (Phi) is 6.73. The Labute approximate surface area is 188 Å². The number of H-pyrrole nitrogens is 1. The molecule has 0 aliphatic heterocycles. The Morgan fingerprint density at radius 1 is 1.18 bits per heavy atom. The average Bonchev–Trinajstić information content (AvgIpc) is 3.20. The van der Waals surface area contributed by atoms with E-state index in [-0.39, 0.29) is 35.7 Å². The van der Waals surface area contributed by atoms with Crippen LogP contribution in [-0.4, -0.2) is 40.4 Å². The number of hydrogen-bond donors (Lipinski definition) is 4. The molecule has 10 heteroatoms. The number of ether oxygens (including phenoxy) is 1. The summed E-state index contributed by atoms with van der Waals surface area (Å²) in [5.41, 5.74) is 0.609. The summed E-state index contributed by atoms with van der Waals surface area (Å²) < 4.78 is 47.8. The Morgan fingerprint density at radius 3 is 2.55 bits per heavy atom. The van der Waals surface area contributed by atoms with Crippen LogP contribution in [-0.2, 0) is 6.42 Å². The normalized spacial score (nSPS) is 19.3. The highest BCUT2D eigenvalue weighted by atomic mass is 19.1. The number of fused-ring (bicyclic) bond motifs is 1. The first-order valence-corrected chi connectivity index (χ1v) is 10.7. The van der Waals surface area contributed by atoms with Crippen molar-refractivity contribution in [3.63, 3.8) is 0 Å². The minimum atomic E-state index is -0.924. The van der Waals surface area contributed by atoms with Crippen LogP contribution in [0.15, 0.2) is 30.3 Å². The molecule has 1 aliphatic rings. The number of urea groups is 1. The quantitative estimate of drug-likeness (QED) is 0.447. The average molecular weight is 462 g/mol. The third kappa shape index (κ3) is 5.39. The summed E-state index contributed by atoms with van der Waals surface area (Å²) in [6, 6.07) is 4.56. The van der Waals surface area contributed by atoms with Gasteiger partial charge in [0.05, 0.1) is 30.3 Å². The van der Waals surface area contributed by atoms with Gasteiger partial charge in [-0.3, -0.25) is 0 Å². The van der Waals surface area contributed by atoms with Crippen LogP contribution in [0.4, 0.5) is 18.0 Å². The highest BCUT2D eigenvalue weighted by Gasteiger charge is 2.26. The first kappa shape index (κ1) is 22.9. The number of aromatic nitrogens is 2. The number of halogens is 3. The summed E-state index contributed by atoms with van der Waals surface area (Å²) in [5.74, 6) is -1.84. The molecule has 1 aromatic heterocycles. The molecule has 1 atom stereocenters. The molecule has 3 aromatic rings. The van der Waals surface area contributed by atoms with Crippen molar-refractivity contribution in [3.05, 3.63) is 59.2 Å². The van der Waals surface area contributed by atoms with Crippen LogP contribution in [0.25, 0.3) is 11.0 Å². The third-order valence-corrected chi connectivity index (χ3v) is 5.89. The number of nitrogens with one attached hydrogen (secondary N) is 3. The molecular formula is C23H25F3N4O3. The van der Waals surface area contributed by atoms with Crippen LogP contribution in [0.1, 0.15) is 43.1 Å². The predicted molar refractivity (Wildman–Crippen MR) is 115 cm³/mol. The molecule has 1 saturated carbocycles. The van der Waals surface area contributed by atoms with Crippen molar-refractivity contribution in [3.8, 4) is 5.75 Å². The number of methoxy groups -OCH3 is 1. The number of aromatic amines is 1. The molecule has 4 N–H and O–H groups in total. The monoisotopic (exact) mass is 462 g/mol. The lowest BCUT2D eigenvalue weighted by Crippen LogP contribution is -2.45. The van der Waals surface area contributed by atoms with Crippen molar-refractivity contribution in [2.24, 2.45) is 0 Å². The molecule has 0 bridgehead atoms. The van der Waals surface area contributed by atoms with E-state index in [2.05, 4.69) is 20.6 Å². The van der Waals surface area contributed by atoms with E-state index in [1.165, 1.54) is 25.3 Å². The standard InChI is InChI=1S/C23H25F3N4O3/c1-33-15-9-17(25)16(18(26)10-15)11-21(22-28-19-7-2-12(24)8-20(19)29-22)30-23(32)27-13-3-5-14(31)6-4-13/h2,7-10,13-14,21,31H,3-6,11H2,1H3,(H,28,29)(H2,27,30,32)/t13-,14-,21?. The van der Waals surface area contributed by atoms with Gasteiger partial charge in [0.25, 0.3) is 0 Å². The third-order valence-electron chi connectivity index (χ3n) is 5.89. The summed E-state index contributed by atoms with van der Waals surface area (Å²) in [4.78, 5) is 20.0. The van der Waals surface area contributed by atoms with Crippen molar-refractivity contribution in [2.45, 2.75) is 50.3 Å². The van der Waals surface area contributed by atoms with Crippen molar-refractivity contribution < 1.29 is 27.8 Å². The molecule has 0 radical (unpaired) electrons. The summed E-state index contributed by atoms with van der Waals surface area (Å²) in [5, 5.41) is 15.2. The van der Waals surface area contributed by atoms with Crippen molar-refractivity contribution in [1.29, 1.82) is 0 Å². The first-order valence-electron chi connectivity index (χ1n) is 10.7. The number of nitrogens with zero attached hydrogens (tertiary/aromatic N) is 1. The smallest absolute Gasteiger partial charge is 0.315 e. The van der Waals surface area contributed by atoms with E-state index >= 15 is 0 Å². The highest BCUT2D eigenvalue weighted by molar-refractivity contribution is 5.76. The number of hydrogen-bond acceptors (Lipinski definition) is 4. The fourth-order valence-electron chi connectivity index (χ4n) is 4.08. The predicted octanol–water partition coefficient (Wildman–Crippen LogP) is 3.88. The van der Waals surface area contributed by atoms with E-state index < -0.39 is 29.5 Å². The van der Waals surface area contributed by atoms with Crippen molar-refractivity contribution in [1.82, 2.24) is 20.6 Å². The lowest BCUT2D eigenvalue weighted by molar-refractivity contribution is 0.117. The Bertz CT molecular complexity index is 1120. The second-order valence-electron chi connectivity index (χ2n) is 8.23. The molecule has 0 spiro atoms. The van der Waals surface area contributed by atoms with Gasteiger partial charge >= 0.3 is 6.03 Å². The van der Waals surface area contributed by atoms with Crippen molar-refractivity contribution >= 4 is 17.1 Å². The van der Waals surface area contributed by atoms with Crippen LogP contribution in [0.2, 0.25) is 0 Å². The number of rotatable bonds is 6. The molecule has 1 unspecified atom stereocenters. The van der Waals surface area contributed by atoms with E-state index in [0.717, 1.165) is 12.1 Å². The number of aliphatic hydroxyl groups excluding tert-OH is 1. The molecule has 1 heterocycles. The maximum Gasteiger partial charge on any atom is 0.315 e. The Balaban J connectivity index is 1.59. The number of imidazole rings is 1. The maximum atomic E-state index is 14.6. The number of amides is 2.